The van der Waals surface area contributed by atoms with Crippen LogP contribution in [0.3, 0.4) is 0 Å². The Labute approximate surface area is 163 Å². The van der Waals surface area contributed by atoms with Gasteiger partial charge in [0.25, 0.3) is 0 Å². The predicted octanol–water partition coefficient (Wildman–Crippen LogP) is 4.38. The number of aromatic amines is 1. The number of H-pyrrole nitrogens is 1. The molecule has 146 valence electrons. The summed E-state index contributed by atoms with van der Waals surface area (Å²) in [6, 6.07) is 11.9. The first kappa shape index (κ1) is 18.3. The van der Waals surface area contributed by atoms with Gasteiger partial charge in [-0.3, -0.25) is 0 Å². The van der Waals surface area contributed by atoms with Crippen LogP contribution in [0.15, 0.2) is 42.5 Å². The van der Waals surface area contributed by atoms with Gasteiger partial charge < -0.3 is 19.9 Å². The van der Waals surface area contributed by atoms with E-state index in [1.54, 1.807) is 19.2 Å². The normalized spacial score (nSPS) is 16.3. The molecule has 2 heterocycles. The summed E-state index contributed by atoms with van der Waals surface area (Å²) in [4.78, 5) is 18.2. The molecule has 4 rings (SSSR count). The van der Waals surface area contributed by atoms with Gasteiger partial charge in [-0.1, -0.05) is 12.1 Å². The van der Waals surface area contributed by atoms with Crippen molar-refractivity contribution >= 4 is 16.9 Å². The number of methoxy groups -OCH3 is 1. The Kier molecular flexibility index (Phi) is 4.71. The summed E-state index contributed by atoms with van der Waals surface area (Å²) in [5, 5.41) is 4.09. The van der Waals surface area contributed by atoms with Gasteiger partial charge in [0.15, 0.2) is 0 Å². The average Bonchev–Trinajstić information content (AvgIpc) is 3.05. The average molecular weight is 381 g/mol. The summed E-state index contributed by atoms with van der Waals surface area (Å²) in [5.74, 6) is 0.506. The van der Waals surface area contributed by atoms with E-state index in [4.69, 9.17) is 4.74 Å². The molecular weight excluding hydrogens is 357 g/mol. The van der Waals surface area contributed by atoms with Crippen LogP contribution in [0.4, 0.5) is 9.18 Å². The molecule has 0 bridgehead atoms. The van der Waals surface area contributed by atoms with Crippen molar-refractivity contribution in [3.05, 3.63) is 65.1 Å². The highest BCUT2D eigenvalue weighted by Crippen LogP contribution is 2.39. The molecule has 6 heteroatoms. The molecule has 3 aromatic rings. The van der Waals surface area contributed by atoms with E-state index in [9.17, 15) is 9.18 Å². The van der Waals surface area contributed by atoms with E-state index in [-0.39, 0.29) is 23.9 Å². The van der Waals surface area contributed by atoms with Gasteiger partial charge in [-0.15, -0.1) is 0 Å². The third-order valence-corrected chi connectivity index (χ3v) is 5.19. The Bertz CT molecular complexity index is 1010. The maximum absolute atomic E-state index is 13.5. The number of nitrogens with zero attached hydrogens (tertiary/aromatic N) is 1. The molecule has 0 saturated carbocycles. The molecule has 2 amide bonds. The van der Waals surface area contributed by atoms with Crippen LogP contribution in [-0.2, 0) is 6.42 Å². The number of aromatic nitrogens is 1. The monoisotopic (exact) mass is 381 g/mol. The number of rotatable bonds is 3. The lowest BCUT2D eigenvalue weighted by molar-refractivity contribution is 0.177. The molecule has 0 fully saturated rings. The molecule has 1 aliphatic heterocycles. The van der Waals surface area contributed by atoms with Crippen LogP contribution in [-0.4, -0.2) is 35.6 Å². The maximum atomic E-state index is 13.5. The minimum Gasteiger partial charge on any atom is -0.497 e. The van der Waals surface area contributed by atoms with E-state index in [0.717, 1.165) is 34.3 Å². The second-order valence-corrected chi connectivity index (χ2v) is 7.43. The summed E-state index contributed by atoms with van der Waals surface area (Å²) in [6.45, 7) is 4.46. The van der Waals surface area contributed by atoms with Gasteiger partial charge in [0.05, 0.1) is 13.2 Å². The van der Waals surface area contributed by atoms with Gasteiger partial charge in [-0.2, -0.15) is 0 Å². The van der Waals surface area contributed by atoms with Crippen molar-refractivity contribution < 1.29 is 13.9 Å². The highest BCUT2D eigenvalue weighted by Gasteiger charge is 2.34. The molecule has 5 nitrogen and oxygen atoms in total. The van der Waals surface area contributed by atoms with Crippen molar-refractivity contribution in [3.8, 4) is 5.75 Å². The molecule has 0 saturated heterocycles. The number of hydrogen-bond acceptors (Lipinski definition) is 2. The van der Waals surface area contributed by atoms with E-state index in [2.05, 4.69) is 10.3 Å². The number of nitrogens with one attached hydrogen (secondary N) is 2. The topological polar surface area (TPSA) is 57.4 Å². The highest BCUT2D eigenvalue weighted by atomic mass is 19.1. The molecule has 0 aliphatic carbocycles. The zero-order valence-electron chi connectivity index (χ0n) is 16.3. The van der Waals surface area contributed by atoms with Gasteiger partial charge in [0.2, 0.25) is 0 Å². The Morgan fingerprint density at radius 2 is 2.00 bits per heavy atom. The fourth-order valence-corrected chi connectivity index (χ4v) is 3.93. The van der Waals surface area contributed by atoms with Crippen molar-refractivity contribution in [2.24, 2.45) is 0 Å². The van der Waals surface area contributed by atoms with Crippen LogP contribution in [0.5, 0.6) is 5.75 Å². The highest BCUT2D eigenvalue weighted by molar-refractivity contribution is 5.87. The molecular formula is C22H24FN3O2. The Hall–Kier alpha value is -3.02. The van der Waals surface area contributed by atoms with Gasteiger partial charge in [0.1, 0.15) is 11.6 Å². The van der Waals surface area contributed by atoms with Crippen LogP contribution in [0.1, 0.15) is 36.7 Å². The smallest absolute Gasteiger partial charge is 0.318 e. The van der Waals surface area contributed by atoms with Gasteiger partial charge >= 0.3 is 6.03 Å². The zero-order chi connectivity index (χ0) is 19.8. The van der Waals surface area contributed by atoms with E-state index >= 15 is 0 Å². The molecule has 28 heavy (non-hydrogen) atoms. The maximum Gasteiger partial charge on any atom is 0.318 e. The number of carbonyl (C=O) groups excluding carboxylic acids is 1. The lowest BCUT2D eigenvalue weighted by atomic mass is 9.92. The molecule has 1 aromatic heterocycles. The number of benzene rings is 2. The number of halogens is 1. The van der Waals surface area contributed by atoms with Crippen LogP contribution in [0, 0.1) is 5.82 Å². The molecule has 2 aromatic carbocycles. The fourth-order valence-electron chi connectivity index (χ4n) is 3.93. The molecule has 1 atom stereocenters. The van der Waals surface area contributed by atoms with Crippen molar-refractivity contribution in [1.29, 1.82) is 0 Å². The number of urea groups is 1. The minimum atomic E-state index is -0.304. The van der Waals surface area contributed by atoms with Crippen LogP contribution < -0.4 is 10.1 Å². The van der Waals surface area contributed by atoms with Crippen molar-refractivity contribution in [2.75, 3.05) is 13.7 Å². The first-order valence-corrected chi connectivity index (χ1v) is 9.49. The molecule has 1 aliphatic rings. The van der Waals surface area contributed by atoms with Crippen LogP contribution in [0.25, 0.3) is 10.9 Å². The Morgan fingerprint density at radius 1 is 1.25 bits per heavy atom. The second-order valence-electron chi connectivity index (χ2n) is 7.43. The third kappa shape index (κ3) is 3.19. The summed E-state index contributed by atoms with van der Waals surface area (Å²) in [5.41, 5.74) is 4.03. The number of ether oxygens (including phenoxy) is 1. The first-order valence-electron chi connectivity index (χ1n) is 9.49. The number of hydrogen-bond donors (Lipinski definition) is 2. The number of amides is 2. The SMILES string of the molecule is COc1ccc2[nH]c3c(c2c1)CCN(C(=O)NC(C)C)[C@H]3c1ccc(F)cc1. The van der Waals surface area contributed by atoms with Gasteiger partial charge in [-0.05, 0) is 61.7 Å². The molecule has 0 unspecified atom stereocenters. The van der Waals surface area contributed by atoms with E-state index in [0.29, 0.717) is 6.54 Å². The Morgan fingerprint density at radius 3 is 2.68 bits per heavy atom. The molecule has 0 spiro atoms. The standard InChI is InChI=1S/C22H24FN3O2/c1-13(2)24-22(27)26-11-10-17-18-12-16(28-3)8-9-19(18)25-20(17)21(26)14-4-6-15(23)7-5-14/h4-9,12-13,21,25H,10-11H2,1-3H3,(H,24,27)/t21-/m0/s1. The van der Waals surface area contributed by atoms with E-state index < -0.39 is 0 Å². The molecule has 0 radical (unpaired) electrons. The van der Waals surface area contributed by atoms with E-state index in [1.807, 2.05) is 36.9 Å². The van der Waals surface area contributed by atoms with Gasteiger partial charge in [0, 0.05) is 29.2 Å². The first-order chi connectivity index (χ1) is 13.5. The van der Waals surface area contributed by atoms with Crippen molar-refractivity contribution in [2.45, 2.75) is 32.4 Å². The van der Waals surface area contributed by atoms with E-state index in [1.165, 1.54) is 17.7 Å². The summed E-state index contributed by atoms with van der Waals surface area (Å²) >= 11 is 0. The molecule has 2 N–H and O–H groups in total. The van der Waals surface area contributed by atoms with Gasteiger partial charge in [-0.25, -0.2) is 9.18 Å². The quantitative estimate of drug-likeness (QED) is 0.707. The summed E-state index contributed by atoms with van der Waals surface area (Å²) < 4.78 is 18.9. The Balaban J connectivity index is 1.85. The predicted molar refractivity (Wildman–Crippen MR) is 107 cm³/mol. The fraction of sp³-hybridized carbons (Fsp3) is 0.318. The lowest BCUT2D eigenvalue weighted by Crippen LogP contribution is -2.47. The van der Waals surface area contributed by atoms with Crippen LogP contribution >= 0.6 is 0 Å². The third-order valence-electron chi connectivity index (χ3n) is 5.19. The summed E-state index contributed by atoms with van der Waals surface area (Å²) in [6.07, 6.45) is 0.742. The second kappa shape index (κ2) is 7.19. The largest absolute Gasteiger partial charge is 0.497 e. The zero-order valence-corrected chi connectivity index (χ0v) is 16.3. The van der Waals surface area contributed by atoms with Crippen LogP contribution in [0.2, 0.25) is 0 Å². The minimum absolute atomic E-state index is 0.0368. The summed E-state index contributed by atoms with van der Waals surface area (Å²) in [7, 11) is 1.65. The van der Waals surface area contributed by atoms with Crippen molar-refractivity contribution in [1.82, 2.24) is 15.2 Å². The van der Waals surface area contributed by atoms with Crippen molar-refractivity contribution in [3.63, 3.8) is 0 Å². The lowest BCUT2D eigenvalue weighted by Gasteiger charge is -2.36. The number of carbonyl (C=O) groups is 1. The number of fused-ring (bicyclic) bond motifs is 3.